The van der Waals surface area contributed by atoms with Crippen LogP contribution in [0.1, 0.15) is 47.5 Å². The van der Waals surface area contributed by atoms with Crippen LogP contribution in [-0.4, -0.2) is 54.3 Å². The van der Waals surface area contributed by atoms with Gasteiger partial charge >= 0.3 is 6.09 Å². The van der Waals surface area contributed by atoms with E-state index in [9.17, 15) is 9.59 Å². The quantitative estimate of drug-likeness (QED) is 0.806. The molecular formula is C15H28N2O4. The molecule has 2 amide bonds. The van der Waals surface area contributed by atoms with Crippen LogP contribution in [0.2, 0.25) is 0 Å². The molecule has 0 aromatic heterocycles. The summed E-state index contributed by atoms with van der Waals surface area (Å²) in [5.74, 6) is 0.114. The van der Waals surface area contributed by atoms with E-state index in [2.05, 4.69) is 5.32 Å². The first-order valence-electron chi connectivity index (χ1n) is 7.57. The van der Waals surface area contributed by atoms with E-state index in [4.69, 9.17) is 9.47 Å². The summed E-state index contributed by atoms with van der Waals surface area (Å²) in [7, 11) is 0. The third-order valence-electron chi connectivity index (χ3n) is 3.01. The molecule has 1 heterocycles. The van der Waals surface area contributed by atoms with Crippen LogP contribution in [0.25, 0.3) is 0 Å². The minimum atomic E-state index is -0.500. The highest BCUT2D eigenvalue weighted by molar-refractivity contribution is 5.76. The molecule has 0 radical (unpaired) electrons. The van der Waals surface area contributed by atoms with Crippen LogP contribution in [0.5, 0.6) is 0 Å². The van der Waals surface area contributed by atoms with E-state index in [0.29, 0.717) is 32.5 Å². The van der Waals surface area contributed by atoms with Gasteiger partial charge < -0.3 is 19.7 Å². The molecule has 21 heavy (non-hydrogen) atoms. The van der Waals surface area contributed by atoms with Crippen molar-refractivity contribution in [1.29, 1.82) is 0 Å². The predicted molar refractivity (Wildman–Crippen MR) is 80.1 cm³/mol. The lowest BCUT2D eigenvalue weighted by Crippen LogP contribution is -2.48. The molecular weight excluding hydrogens is 272 g/mol. The van der Waals surface area contributed by atoms with E-state index in [-0.39, 0.29) is 18.1 Å². The fourth-order valence-electron chi connectivity index (χ4n) is 2.28. The van der Waals surface area contributed by atoms with Gasteiger partial charge in [-0.3, -0.25) is 4.79 Å². The second-order valence-corrected chi connectivity index (χ2v) is 6.59. The van der Waals surface area contributed by atoms with Crippen molar-refractivity contribution >= 4 is 12.0 Å². The number of rotatable bonds is 4. The van der Waals surface area contributed by atoms with Gasteiger partial charge in [0.25, 0.3) is 0 Å². The highest BCUT2D eigenvalue weighted by atomic mass is 16.6. The SMILES string of the molecule is CC1CN(C(=O)CCCNC(=O)OC(C)(C)C)CC(C)O1. The first-order chi connectivity index (χ1) is 9.67. The first-order valence-corrected chi connectivity index (χ1v) is 7.57. The molecule has 0 saturated carbocycles. The molecule has 122 valence electrons. The monoisotopic (exact) mass is 300 g/mol. The molecule has 2 atom stereocenters. The van der Waals surface area contributed by atoms with E-state index in [0.717, 1.165) is 0 Å². The molecule has 2 unspecified atom stereocenters. The van der Waals surface area contributed by atoms with Gasteiger partial charge in [-0.05, 0) is 41.0 Å². The Balaban J connectivity index is 2.20. The van der Waals surface area contributed by atoms with Crippen molar-refractivity contribution in [3.63, 3.8) is 0 Å². The van der Waals surface area contributed by atoms with Crippen molar-refractivity contribution in [3.8, 4) is 0 Å². The first kappa shape index (κ1) is 17.8. The van der Waals surface area contributed by atoms with Gasteiger partial charge in [0.05, 0.1) is 12.2 Å². The standard InChI is InChI=1S/C15H28N2O4/c1-11-9-17(10-12(2)20-11)13(18)7-6-8-16-14(19)21-15(3,4)5/h11-12H,6-10H2,1-5H3,(H,16,19). The largest absolute Gasteiger partial charge is 0.444 e. The fourth-order valence-corrected chi connectivity index (χ4v) is 2.28. The number of morpholine rings is 1. The average Bonchev–Trinajstić information content (AvgIpc) is 2.31. The summed E-state index contributed by atoms with van der Waals surface area (Å²) in [5, 5.41) is 2.66. The highest BCUT2D eigenvalue weighted by Gasteiger charge is 2.25. The summed E-state index contributed by atoms with van der Waals surface area (Å²) in [6, 6.07) is 0. The number of amides is 2. The summed E-state index contributed by atoms with van der Waals surface area (Å²) in [4.78, 5) is 25.4. The van der Waals surface area contributed by atoms with Crippen LogP contribution in [0.15, 0.2) is 0 Å². The number of hydrogen-bond acceptors (Lipinski definition) is 4. The van der Waals surface area contributed by atoms with Gasteiger partial charge in [0.2, 0.25) is 5.91 Å². The lowest BCUT2D eigenvalue weighted by atomic mass is 10.2. The lowest BCUT2D eigenvalue weighted by molar-refractivity contribution is -0.143. The van der Waals surface area contributed by atoms with Gasteiger partial charge in [-0.1, -0.05) is 0 Å². The van der Waals surface area contributed by atoms with Gasteiger partial charge in [0.1, 0.15) is 5.60 Å². The Hall–Kier alpha value is -1.30. The Labute approximate surface area is 127 Å². The number of ether oxygens (including phenoxy) is 2. The maximum Gasteiger partial charge on any atom is 0.407 e. The molecule has 0 aromatic carbocycles. The third-order valence-corrected chi connectivity index (χ3v) is 3.01. The normalized spacial score (nSPS) is 22.8. The van der Waals surface area contributed by atoms with Crippen molar-refractivity contribution in [2.75, 3.05) is 19.6 Å². The molecule has 1 N–H and O–H groups in total. The summed E-state index contributed by atoms with van der Waals surface area (Å²) in [6.45, 7) is 11.1. The minimum Gasteiger partial charge on any atom is -0.444 e. The van der Waals surface area contributed by atoms with Crippen molar-refractivity contribution < 1.29 is 19.1 Å². The summed E-state index contributed by atoms with van der Waals surface area (Å²) < 4.78 is 10.7. The molecule has 1 aliphatic rings. The summed E-state index contributed by atoms with van der Waals surface area (Å²) in [6.07, 6.45) is 0.756. The van der Waals surface area contributed by atoms with E-state index >= 15 is 0 Å². The molecule has 0 aromatic rings. The summed E-state index contributed by atoms with van der Waals surface area (Å²) >= 11 is 0. The summed E-state index contributed by atoms with van der Waals surface area (Å²) in [5.41, 5.74) is -0.500. The Morgan fingerprint density at radius 2 is 1.81 bits per heavy atom. The van der Waals surface area contributed by atoms with E-state index < -0.39 is 11.7 Å². The van der Waals surface area contributed by atoms with Gasteiger partial charge in [-0.2, -0.15) is 0 Å². The van der Waals surface area contributed by atoms with Crippen LogP contribution in [0.3, 0.4) is 0 Å². The van der Waals surface area contributed by atoms with Gasteiger partial charge in [-0.25, -0.2) is 4.79 Å². The zero-order chi connectivity index (χ0) is 16.0. The molecule has 0 aliphatic carbocycles. The van der Waals surface area contributed by atoms with Gasteiger partial charge in [0, 0.05) is 26.1 Å². The Morgan fingerprint density at radius 1 is 1.24 bits per heavy atom. The lowest BCUT2D eigenvalue weighted by Gasteiger charge is -2.35. The Kier molecular flexibility index (Phi) is 6.45. The maximum absolute atomic E-state index is 12.1. The smallest absolute Gasteiger partial charge is 0.407 e. The van der Waals surface area contributed by atoms with Crippen LogP contribution >= 0.6 is 0 Å². The molecule has 0 bridgehead atoms. The molecule has 1 fully saturated rings. The molecule has 1 rings (SSSR count). The third kappa shape index (κ3) is 7.32. The Bertz CT molecular complexity index is 355. The average molecular weight is 300 g/mol. The van der Waals surface area contributed by atoms with E-state index in [1.165, 1.54) is 0 Å². The zero-order valence-corrected chi connectivity index (χ0v) is 13.8. The van der Waals surface area contributed by atoms with Crippen molar-refractivity contribution in [1.82, 2.24) is 10.2 Å². The minimum absolute atomic E-state index is 0.0811. The van der Waals surface area contributed by atoms with Crippen molar-refractivity contribution in [3.05, 3.63) is 0 Å². The van der Waals surface area contributed by atoms with Crippen molar-refractivity contribution in [2.24, 2.45) is 0 Å². The number of nitrogens with one attached hydrogen (secondary N) is 1. The fraction of sp³-hybridized carbons (Fsp3) is 0.867. The second-order valence-electron chi connectivity index (χ2n) is 6.59. The van der Waals surface area contributed by atoms with Gasteiger partial charge in [0.15, 0.2) is 0 Å². The number of hydrogen-bond donors (Lipinski definition) is 1. The topological polar surface area (TPSA) is 67.9 Å². The number of carbonyl (C=O) groups is 2. The van der Waals surface area contributed by atoms with Gasteiger partial charge in [-0.15, -0.1) is 0 Å². The predicted octanol–water partition coefficient (Wildman–Crippen LogP) is 1.93. The van der Waals surface area contributed by atoms with E-state index in [1.54, 1.807) is 0 Å². The number of carbonyl (C=O) groups excluding carboxylic acids is 2. The Morgan fingerprint density at radius 3 is 2.33 bits per heavy atom. The second kappa shape index (κ2) is 7.64. The molecule has 6 heteroatoms. The van der Waals surface area contributed by atoms with Crippen LogP contribution in [0.4, 0.5) is 4.79 Å². The maximum atomic E-state index is 12.1. The number of alkyl carbamates (subject to hydrolysis) is 1. The van der Waals surface area contributed by atoms with Crippen LogP contribution in [0, 0.1) is 0 Å². The molecule has 1 saturated heterocycles. The van der Waals surface area contributed by atoms with Crippen LogP contribution < -0.4 is 5.32 Å². The van der Waals surface area contributed by atoms with Crippen LogP contribution in [-0.2, 0) is 14.3 Å². The molecule has 6 nitrogen and oxygen atoms in total. The highest BCUT2D eigenvalue weighted by Crippen LogP contribution is 2.12. The molecule has 0 spiro atoms. The van der Waals surface area contributed by atoms with Crippen molar-refractivity contribution in [2.45, 2.75) is 65.3 Å². The number of nitrogens with zero attached hydrogens (tertiary/aromatic N) is 1. The zero-order valence-electron chi connectivity index (χ0n) is 13.8. The van der Waals surface area contributed by atoms with E-state index in [1.807, 2.05) is 39.5 Å². The molecule has 1 aliphatic heterocycles.